The Hall–Kier alpha value is -2.91. The van der Waals surface area contributed by atoms with Crippen molar-refractivity contribution in [3.63, 3.8) is 0 Å². The molecule has 4 aromatic rings. The molecule has 154 valence electrons. The standard InChI is InChI=1S/C21H20N4O3S2/c1-3-4-14-5-7-15(8-6-14)17-11-29-20(22-17)23-18(26)12-30-21-25-24-19(28-21)16-9-10-27-13(16)2/h5-11H,3-4,12H2,1-2H3,(H,22,23,26). The molecule has 0 bridgehead atoms. The van der Waals surface area contributed by atoms with Gasteiger partial charge in [0, 0.05) is 10.9 Å². The van der Waals surface area contributed by atoms with Crippen LogP contribution in [0.3, 0.4) is 0 Å². The third-order valence-corrected chi connectivity index (χ3v) is 5.94. The van der Waals surface area contributed by atoms with Crippen molar-refractivity contribution >= 4 is 34.1 Å². The van der Waals surface area contributed by atoms with Gasteiger partial charge in [0.05, 0.1) is 23.3 Å². The molecule has 3 aromatic heterocycles. The van der Waals surface area contributed by atoms with Gasteiger partial charge in [-0.1, -0.05) is 49.4 Å². The molecule has 0 atom stereocenters. The summed E-state index contributed by atoms with van der Waals surface area (Å²) in [6, 6.07) is 10.1. The van der Waals surface area contributed by atoms with Crippen LogP contribution in [0.25, 0.3) is 22.7 Å². The Kier molecular flexibility index (Phi) is 6.29. The molecule has 1 amide bonds. The number of aryl methyl sites for hydroxylation is 2. The van der Waals surface area contributed by atoms with Crippen LogP contribution in [0.5, 0.6) is 0 Å². The Morgan fingerprint density at radius 1 is 1.20 bits per heavy atom. The number of benzene rings is 1. The Labute approximate surface area is 181 Å². The Morgan fingerprint density at radius 3 is 2.77 bits per heavy atom. The summed E-state index contributed by atoms with van der Waals surface area (Å²) in [5, 5.41) is 13.6. The van der Waals surface area contributed by atoms with Crippen molar-refractivity contribution in [1.82, 2.24) is 15.2 Å². The van der Waals surface area contributed by atoms with Crippen molar-refractivity contribution in [2.24, 2.45) is 0 Å². The number of nitrogens with one attached hydrogen (secondary N) is 1. The predicted octanol–water partition coefficient (Wildman–Crippen LogP) is 5.44. The molecular weight excluding hydrogens is 420 g/mol. The third-order valence-electron chi connectivity index (χ3n) is 4.36. The molecule has 0 aliphatic heterocycles. The molecule has 0 unspecified atom stereocenters. The summed E-state index contributed by atoms with van der Waals surface area (Å²) in [6.45, 7) is 3.99. The van der Waals surface area contributed by atoms with Crippen LogP contribution in [-0.4, -0.2) is 26.8 Å². The van der Waals surface area contributed by atoms with Gasteiger partial charge >= 0.3 is 0 Å². The third kappa shape index (κ3) is 4.80. The zero-order valence-electron chi connectivity index (χ0n) is 16.5. The van der Waals surface area contributed by atoms with E-state index >= 15 is 0 Å². The molecule has 1 aromatic carbocycles. The van der Waals surface area contributed by atoms with E-state index in [0.717, 1.165) is 29.7 Å². The first-order valence-corrected chi connectivity index (χ1v) is 11.3. The lowest BCUT2D eigenvalue weighted by atomic mass is 10.1. The van der Waals surface area contributed by atoms with Gasteiger partial charge in [0.25, 0.3) is 11.1 Å². The maximum Gasteiger partial charge on any atom is 0.277 e. The van der Waals surface area contributed by atoms with E-state index in [1.54, 1.807) is 12.3 Å². The maximum absolute atomic E-state index is 12.3. The van der Waals surface area contributed by atoms with Crippen molar-refractivity contribution in [2.75, 3.05) is 11.1 Å². The maximum atomic E-state index is 12.3. The van der Waals surface area contributed by atoms with Gasteiger partial charge in [0.2, 0.25) is 5.91 Å². The first kappa shape index (κ1) is 20.4. The molecule has 30 heavy (non-hydrogen) atoms. The molecule has 7 nitrogen and oxygen atoms in total. The Balaban J connectivity index is 1.32. The van der Waals surface area contributed by atoms with Gasteiger partial charge in [-0.3, -0.25) is 4.79 Å². The van der Waals surface area contributed by atoms with Crippen LogP contribution in [-0.2, 0) is 11.2 Å². The second-order valence-electron chi connectivity index (χ2n) is 6.59. The molecule has 9 heteroatoms. The van der Waals surface area contributed by atoms with Crippen LogP contribution in [0, 0.1) is 6.92 Å². The predicted molar refractivity (Wildman–Crippen MR) is 118 cm³/mol. The quantitative estimate of drug-likeness (QED) is 0.364. The van der Waals surface area contributed by atoms with Gasteiger partial charge in [0.1, 0.15) is 5.76 Å². The number of rotatable bonds is 8. The van der Waals surface area contributed by atoms with E-state index < -0.39 is 0 Å². The Bertz CT molecular complexity index is 1130. The van der Waals surface area contributed by atoms with Crippen LogP contribution >= 0.6 is 23.1 Å². The molecule has 0 fully saturated rings. The molecule has 3 heterocycles. The van der Waals surface area contributed by atoms with E-state index in [-0.39, 0.29) is 11.7 Å². The molecular formula is C21H20N4O3S2. The molecule has 0 saturated heterocycles. The zero-order valence-corrected chi connectivity index (χ0v) is 18.2. The summed E-state index contributed by atoms with van der Waals surface area (Å²) < 4.78 is 10.8. The van der Waals surface area contributed by atoms with E-state index in [0.29, 0.717) is 22.0 Å². The highest BCUT2D eigenvalue weighted by Gasteiger charge is 2.15. The lowest BCUT2D eigenvalue weighted by Crippen LogP contribution is -2.13. The SMILES string of the molecule is CCCc1ccc(-c2csc(NC(=O)CSc3nnc(-c4ccoc4C)o3)n2)cc1. The monoisotopic (exact) mass is 440 g/mol. The summed E-state index contributed by atoms with van der Waals surface area (Å²) >= 11 is 2.57. The number of carbonyl (C=O) groups is 1. The van der Waals surface area contributed by atoms with E-state index in [9.17, 15) is 4.79 Å². The molecule has 0 spiro atoms. The zero-order chi connectivity index (χ0) is 20.9. The fourth-order valence-electron chi connectivity index (χ4n) is 2.86. The highest BCUT2D eigenvalue weighted by Crippen LogP contribution is 2.27. The van der Waals surface area contributed by atoms with Gasteiger partial charge in [-0.25, -0.2) is 4.98 Å². The first-order chi connectivity index (χ1) is 14.6. The highest BCUT2D eigenvalue weighted by molar-refractivity contribution is 7.99. The first-order valence-electron chi connectivity index (χ1n) is 9.48. The van der Waals surface area contributed by atoms with Gasteiger partial charge < -0.3 is 14.2 Å². The number of hydrogen-bond acceptors (Lipinski definition) is 8. The number of anilines is 1. The van der Waals surface area contributed by atoms with Gasteiger partial charge in [0.15, 0.2) is 5.13 Å². The lowest BCUT2D eigenvalue weighted by molar-refractivity contribution is -0.113. The normalized spacial score (nSPS) is 11.0. The number of hydrogen-bond donors (Lipinski definition) is 1. The van der Waals surface area contributed by atoms with Crippen LogP contribution in [0.15, 0.2) is 56.0 Å². The van der Waals surface area contributed by atoms with Crippen LogP contribution in [0.1, 0.15) is 24.7 Å². The number of carbonyl (C=O) groups excluding carboxylic acids is 1. The molecule has 1 N–H and O–H groups in total. The smallest absolute Gasteiger partial charge is 0.277 e. The van der Waals surface area contributed by atoms with Gasteiger partial charge in [-0.2, -0.15) is 0 Å². The number of furan rings is 1. The largest absolute Gasteiger partial charge is 0.469 e. The molecule has 0 aliphatic rings. The minimum absolute atomic E-state index is 0.145. The average molecular weight is 441 g/mol. The van der Waals surface area contributed by atoms with E-state index in [1.165, 1.54) is 28.7 Å². The summed E-state index contributed by atoms with van der Waals surface area (Å²) in [4.78, 5) is 16.8. The topological polar surface area (TPSA) is 94.1 Å². The van der Waals surface area contributed by atoms with Crippen LogP contribution in [0.2, 0.25) is 0 Å². The fourth-order valence-corrected chi connectivity index (χ4v) is 4.16. The minimum atomic E-state index is -0.182. The van der Waals surface area contributed by atoms with E-state index in [2.05, 4.69) is 51.7 Å². The summed E-state index contributed by atoms with van der Waals surface area (Å²) in [5.41, 5.74) is 3.95. The molecule has 0 radical (unpaired) electrons. The summed E-state index contributed by atoms with van der Waals surface area (Å²) in [7, 11) is 0. The van der Waals surface area contributed by atoms with Crippen molar-refractivity contribution in [2.45, 2.75) is 31.9 Å². The van der Waals surface area contributed by atoms with Crippen LogP contribution in [0.4, 0.5) is 5.13 Å². The summed E-state index contributed by atoms with van der Waals surface area (Å²) in [5.74, 6) is 1.04. The second-order valence-corrected chi connectivity index (χ2v) is 8.37. The Morgan fingerprint density at radius 2 is 2.03 bits per heavy atom. The average Bonchev–Trinajstić information content (AvgIpc) is 3.48. The van der Waals surface area contributed by atoms with Crippen molar-refractivity contribution in [3.05, 3.63) is 53.3 Å². The lowest BCUT2D eigenvalue weighted by Gasteiger charge is -2.01. The van der Waals surface area contributed by atoms with Crippen molar-refractivity contribution < 1.29 is 13.6 Å². The molecule has 0 saturated carbocycles. The van der Waals surface area contributed by atoms with Crippen LogP contribution < -0.4 is 5.32 Å². The number of thioether (sulfide) groups is 1. The van der Waals surface area contributed by atoms with Crippen molar-refractivity contribution in [1.29, 1.82) is 0 Å². The van der Waals surface area contributed by atoms with Gasteiger partial charge in [-0.15, -0.1) is 21.5 Å². The van der Waals surface area contributed by atoms with E-state index in [4.69, 9.17) is 8.83 Å². The number of amides is 1. The highest BCUT2D eigenvalue weighted by atomic mass is 32.2. The number of thiazole rings is 1. The molecule has 4 rings (SSSR count). The second kappa shape index (κ2) is 9.27. The summed E-state index contributed by atoms with van der Waals surface area (Å²) in [6.07, 6.45) is 3.76. The van der Waals surface area contributed by atoms with Crippen molar-refractivity contribution in [3.8, 4) is 22.7 Å². The van der Waals surface area contributed by atoms with E-state index in [1.807, 2.05) is 12.3 Å². The molecule has 0 aliphatic carbocycles. The number of nitrogens with zero attached hydrogens (tertiary/aromatic N) is 3. The number of aromatic nitrogens is 3. The fraction of sp³-hybridized carbons (Fsp3) is 0.238. The van der Waals surface area contributed by atoms with Gasteiger partial charge in [-0.05, 0) is 25.0 Å². The minimum Gasteiger partial charge on any atom is -0.469 e.